The van der Waals surface area contributed by atoms with Gasteiger partial charge in [-0.2, -0.15) is 4.98 Å². The summed E-state index contributed by atoms with van der Waals surface area (Å²) in [7, 11) is 0. The summed E-state index contributed by atoms with van der Waals surface area (Å²) in [5.41, 5.74) is 2.70. The van der Waals surface area contributed by atoms with Crippen LogP contribution in [0.2, 0.25) is 5.28 Å². The fraction of sp³-hybridized carbons (Fsp3) is 0.333. The number of thiophene rings is 1. The monoisotopic (exact) mass is 523 g/mol. The maximum atomic E-state index is 12.7. The molecule has 12 heteroatoms. The molecule has 2 atom stereocenters. The number of rotatable bonds is 4. The van der Waals surface area contributed by atoms with E-state index in [4.69, 9.17) is 16.3 Å². The molecule has 3 aromatic heterocycles. The number of carbonyl (C=O) groups is 2. The molecule has 184 valence electrons. The van der Waals surface area contributed by atoms with Crippen LogP contribution in [0, 0.1) is 5.92 Å². The van der Waals surface area contributed by atoms with Crippen LogP contribution >= 0.6 is 22.9 Å². The van der Waals surface area contributed by atoms with E-state index in [-0.39, 0.29) is 34.9 Å². The number of amides is 2. The number of anilines is 1. The largest absolute Gasteiger partial charge is 0.418 e. The molecule has 36 heavy (non-hydrogen) atoms. The van der Waals surface area contributed by atoms with Gasteiger partial charge in [0.2, 0.25) is 23.0 Å². The molecule has 4 aromatic rings. The minimum atomic E-state index is -0.0937. The van der Waals surface area contributed by atoms with Gasteiger partial charge in [-0.15, -0.1) is 11.3 Å². The van der Waals surface area contributed by atoms with Crippen LogP contribution in [0.4, 0.5) is 5.69 Å². The molecule has 1 saturated heterocycles. The van der Waals surface area contributed by atoms with E-state index in [0.29, 0.717) is 53.4 Å². The first kappa shape index (κ1) is 22.9. The quantitative estimate of drug-likeness (QED) is 0.385. The molecule has 2 aliphatic heterocycles. The Kier molecular flexibility index (Phi) is 5.60. The van der Waals surface area contributed by atoms with E-state index >= 15 is 0 Å². The lowest BCUT2D eigenvalue weighted by atomic mass is 10.1. The van der Waals surface area contributed by atoms with Crippen LogP contribution in [0.5, 0.6) is 11.8 Å². The van der Waals surface area contributed by atoms with E-state index in [2.05, 4.69) is 30.6 Å². The fourth-order valence-electron chi connectivity index (χ4n) is 4.62. The highest BCUT2D eigenvalue weighted by molar-refractivity contribution is 7.21. The lowest BCUT2D eigenvalue weighted by molar-refractivity contribution is -0.128. The van der Waals surface area contributed by atoms with Gasteiger partial charge in [-0.05, 0) is 36.6 Å². The Labute approximate surface area is 215 Å². The summed E-state index contributed by atoms with van der Waals surface area (Å²) in [6.45, 7) is 5.61. The highest BCUT2D eigenvalue weighted by atomic mass is 35.5. The van der Waals surface area contributed by atoms with Crippen LogP contribution < -0.4 is 15.4 Å². The third-order valence-electron chi connectivity index (χ3n) is 6.28. The van der Waals surface area contributed by atoms with E-state index in [0.717, 1.165) is 15.8 Å². The van der Waals surface area contributed by atoms with Crippen molar-refractivity contribution in [1.29, 1.82) is 0 Å². The van der Waals surface area contributed by atoms with Crippen LogP contribution in [0.3, 0.4) is 0 Å². The molecule has 10 nitrogen and oxygen atoms in total. The molecule has 5 heterocycles. The fourth-order valence-corrected chi connectivity index (χ4v) is 5.83. The summed E-state index contributed by atoms with van der Waals surface area (Å²) in [5.74, 6) is 0.760. The molecule has 0 spiro atoms. The molecular formula is C24H22ClN7O3S. The highest BCUT2D eigenvalue weighted by Crippen LogP contribution is 2.40. The van der Waals surface area contributed by atoms with Crippen molar-refractivity contribution in [2.45, 2.75) is 32.9 Å². The molecule has 0 bridgehead atoms. The van der Waals surface area contributed by atoms with Crippen molar-refractivity contribution in [3.8, 4) is 11.8 Å². The van der Waals surface area contributed by atoms with E-state index in [1.807, 2.05) is 26.0 Å². The van der Waals surface area contributed by atoms with Crippen LogP contribution in [0.15, 0.2) is 24.5 Å². The first-order chi connectivity index (χ1) is 17.4. The molecule has 1 aromatic carbocycles. The predicted molar refractivity (Wildman–Crippen MR) is 137 cm³/mol. The number of ether oxygens (including phenoxy) is 1. The van der Waals surface area contributed by atoms with Gasteiger partial charge < -0.3 is 20.3 Å². The van der Waals surface area contributed by atoms with Crippen molar-refractivity contribution in [2.75, 3.05) is 18.4 Å². The Bertz CT molecular complexity index is 1540. The Morgan fingerprint density at radius 1 is 1.19 bits per heavy atom. The van der Waals surface area contributed by atoms with Crippen molar-refractivity contribution < 1.29 is 14.3 Å². The molecule has 0 saturated carbocycles. The summed E-state index contributed by atoms with van der Waals surface area (Å²) in [6.07, 6.45) is 3.61. The topological polar surface area (TPSA) is 122 Å². The SMILES string of the molecule is C[C@@H]1CC(=O)N(Cc2cnc(Cl)nc2Oc2cnc3c(ccc4sc5c(c43)NC[C@@H](C)NC5=O)n2)C1. The second kappa shape index (κ2) is 8.82. The number of likely N-dealkylation sites (tertiary alicyclic amines) is 1. The number of hydrogen-bond donors (Lipinski definition) is 2. The first-order valence-corrected chi connectivity index (χ1v) is 12.8. The average molecular weight is 524 g/mol. The van der Waals surface area contributed by atoms with E-state index in [9.17, 15) is 9.59 Å². The number of hydrogen-bond acceptors (Lipinski definition) is 9. The second-order valence-corrected chi connectivity index (χ2v) is 10.6. The second-order valence-electron chi connectivity index (χ2n) is 9.23. The zero-order valence-electron chi connectivity index (χ0n) is 19.5. The van der Waals surface area contributed by atoms with Gasteiger partial charge in [-0.25, -0.2) is 15.0 Å². The van der Waals surface area contributed by atoms with Gasteiger partial charge in [0, 0.05) is 41.8 Å². The molecule has 2 N–H and O–H groups in total. The van der Waals surface area contributed by atoms with Crippen LogP contribution in [-0.4, -0.2) is 55.8 Å². The van der Waals surface area contributed by atoms with Crippen molar-refractivity contribution in [3.63, 3.8) is 0 Å². The number of aromatic nitrogens is 4. The van der Waals surface area contributed by atoms with Crippen LogP contribution in [0.25, 0.3) is 21.1 Å². The minimum Gasteiger partial charge on any atom is -0.418 e. The number of carbonyl (C=O) groups excluding carboxylic acids is 2. The van der Waals surface area contributed by atoms with E-state index < -0.39 is 0 Å². The number of halogens is 1. The number of nitrogens with zero attached hydrogens (tertiary/aromatic N) is 5. The third-order valence-corrected chi connectivity index (χ3v) is 7.61. The average Bonchev–Trinajstić information content (AvgIpc) is 3.33. The smallest absolute Gasteiger partial charge is 0.263 e. The molecule has 2 aliphatic rings. The van der Waals surface area contributed by atoms with Crippen molar-refractivity contribution >= 4 is 61.6 Å². The van der Waals surface area contributed by atoms with Gasteiger partial charge >= 0.3 is 0 Å². The zero-order chi connectivity index (χ0) is 25.0. The molecule has 1 fully saturated rings. The highest BCUT2D eigenvalue weighted by Gasteiger charge is 2.28. The normalized spacial score (nSPS) is 19.8. The van der Waals surface area contributed by atoms with Gasteiger partial charge in [0.1, 0.15) is 4.88 Å². The Balaban J connectivity index is 1.35. The third kappa shape index (κ3) is 4.07. The summed E-state index contributed by atoms with van der Waals surface area (Å²) >= 11 is 7.47. The number of benzene rings is 1. The Morgan fingerprint density at radius 2 is 2.06 bits per heavy atom. The molecule has 2 amide bonds. The standard InChI is InChI=1S/C24H22ClN7O3S/c1-11-5-17(33)32(9-11)10-13-7-28-24(25)31-23(13)35-16-8-27-19-14(30-16)3-4-15-18(19)20-21(36-15)22(34)29-12(2)6-26-20/h3-4,7-8,11-12,26H,5-6,9-10H2,1-2H3,(H,29,34)/t11-,12-/m1/s1. The van der Waals surface area contributed by atoms with Gasteiger partial charge in [-0.1, -0.05) is 6.92 Å². The van der Waals surface area contributed by atoms with Crippen molar-refractivity contribution in [2.24, 2.45) is 5.92 Å². The van der Waals surface area contributed by atoms with E-state index in [1.54, 1.807) is 11.1 Å². The summed E-state index contributed by atoms with van der Waals surface area (Å²) in [5, 5.41) is 7.28. The van der Waals surface area contributed by atoms with Crippen LogP contribution in [0.1, 0.15) is 35.5 Å². The zero-order valence-corrected chi connectivity index (χ0v) is 21.1. The molecule has 0 aliphatic carbocycles. The maximum absolute atomic E-state index is 12.7. The molecule has 6 rings (SSSR count). The number of nitrogens with one attached hydrogen (secondary N) is 2. The van der Waals surface area contributed by atoms with Crippen molar-refractivity contribution in [1.82, 2.24) is 30.2 Å². The van der Waals surface area contributed by atoms with Gasteiger partial charge in [0.25, 0.3) is 5.91 Å². The lowest BCUT2D eigenvalue weighted by Gasteiger charge is -2.17. The Hall–Kier alpha value is -3.57. The van der Waals surface area contributed by atoms with Gasteiger partial charge in [0.05, 0.1) is 35.0 Å². The summed E-state index contributed by atoms with van der Waals surface area (Å²) in [6, 6.07) is 3.80. The Morgan fingerprint density at radius 3 is 2.86 bits per heavy atom. The summed E-state index contributed by atoms with van der Waals surface area (Å²) in [4.78, 5) is 44.9. The lowest BCUT2D eigenvalue weighted by Crippen LogP contribution is -2.34. The van der Waals surface area contributed by atoms with E-state index in [1.165, 1.54) is 17.5 Å². The minimum absolute atomic E-state index is 0.0150. The molecule has 0 unspecified atom stereocenters. The number of fused-ring (bicyclic) bond motifs is 5. The molecular weight excluding hydrogens is 502 g/mol. The van der Waals surface area contributed by atoms with Crippen molar-refractivity contribution in [3.05, 3.63) is 40.3 Å². The van der Waals surface area contributed by atoms with Gasteiger partial charge in [0.15, 0.2) is 0 Å². The van der Waals surface area contributed by atoms with Gasteiger partial charge in [-0.3, -0.25) is 9.59 Å². The van der Waals surface area contributed by atoms with Crippen LogP contribution in [-0.2, 0) is 11.3 Å². The maximum Gasteiger partial charge on any atom is 0.263 e. The summed E-state index contributed by atoms with van der Waals surface area (Å²) < 4.78 is 6.95. The first-order valence-electron chi connectivity index (χ1n) is 11.6. The molecule has 0 radical (unpaired) electrons. The predicted octanol–water partition coefficient (Wildman–Crippen LogP) is 3.99.